The number of aromatic nitrogens is 2. The van der Waals surface area contributed by atoms with Crippen molar-refractivity contribution >= 4 is 34.3 Å². The van der Waals surface area contributed by atoms with E-state index in [4.69, 9.17) is 0 Å². The molecule has 4 aromatic rings. The summed E-state index contributed by atoms with van der Waals surface area (Å²) in [6.07, 6.45) is 0. The Morgan fingerprint density at radius 1 is 1.00 bits per heavy atom. The minimum Gasteiger partial charge on any atom is -0.323 e. The Hall–Kier alpha value is -3.59. The summed E-state index contributed by atoms with van der Waals surface area (Å²) in [6, 6.07) is 16.0. The molecule has 0 saturated heterocycles. The van der Waals surface area contributed by atoms with E-state index in [1.165, 1.54) is 4.57 Å². The fourth-order valence-corrected chi connectivity index (χ4v) is 4.35. The number of thioether (sulfide) groups is 1. The van der Waals surface area contributed by atoms with Crippen LogP contribution in [0, 0.1) is 17.5 Å². The molecule has 0 radical (unpaired) electrons. The minimum atomic E-state index is -1.67. The van der Waals surface area contributed by atoms with E-state index in [1.807, 2.05) is 38.1 Å². The maximum absolute atomic E-state index is 13.9. The quantitative estimate of drug-likeness (QED) is 0.218. The van der Waals surface area contributed by atoms with E-state index in [-0.39, 0.29) is 22.4 Å². The van der Waals surface area contributed by atoms with Gasteiger partial charge in [0.05, 0.1) is 28.0 Å². The summed E-state index contributed by atoms with van der Waals surface area (Å²) >= 11 is 0.981. The molecule has 4 rings (SSSR count). The molecule has 1 aromatic heterocycles. The third-order valence-corrected chi connectivity index (χ3v) is 6.12. The number of halogens is 3. The molecule has 0 aliphatic carbocycles. The molecule has 0 saturated carbocycles. The van der Waals surface area contributed by atoms with Gasteiger partial charge in [-0.05, 0) is 41.8 Å². The van der Waals surface area contributed by atoms with Crippen LogP contribution in [0.4, 0.5) is 18.9 Å². The largest absolute Gasteiger partial charge is 0.323 e. The first-order valence-electron chi connectivity index (χ1n) is 10.4. The van der Waals surface area contributed by atoms with Crippen LogP contribution >= 0.6 is 11.8 Å². The highest BCUT2D eigenvalue weighted by Gasteiger charge is 2.19. The lowest BCUT2D eigenvalue weighted by Gasteiger charge is -2.18. The first kappa shape index (κ1) is 23.6. The summed E-state index contributed by atoms with van der Waals surface area (Å²) in [5.41, 5.74) is 1.29. The highest BCUT2D eigenvalue weighted by atomic mass is 32.2. The molecule has 1 amide bonds. The Kier molecular flexibility index (Phi) is 6.74. The number of carbonyl (C=O) groups is 1. The standard InChI is InChI=1S/C25H20F3N3O2S/c1-14(2)15-7-4-6-10-20(15)31-24(33)16-8-3-5-9-18(16)30-25(31)34-13-21(32)29-19-12-11-17(26)22(27)23(19)28/h3-12,14H,13H2,1-2H3,(H,29,32). The van der Waals surface area contributed by atoms with Gasteiger partial charge in [0, 0.05) is 0 Å². The zero-order valence-corrected chi connectivity index (χ0v) is 19.1. The van der Waals surface area contributed by atoms with Crippen molar-refractivity contribution in [1.29, 1.82) is 0 Å². The number of nitrogens with zero attached hydrogens (tertiary/aromatic N) is 2. The van der Waals surface area contributed by atoms with Crippen molar-refractivity contribution < 1.29 is 18.0 Å². The Morgan fingerprint density at radius 2 is 1.71 bits per heavy atom. The zero-order valence-electron chi connectivity index (χ0n) is 18.3. The van der Waals surface area contributed by atoms with Crippen molar-refractivity contribution in [3.63, 3.8) is 0 Å². The van der Waals surface area contributed by atoms with Crippen LogP contribution in [0.5, 0.6) is 0 Å². The number of benzene rings is 3. The Balaban J connectivity index is 1.71. The summed E-state index contributed by atoms with van der Waals surface area (Å²) in [5.74, 6) is -5.29. The van der Waals surface area contributed by atoms with Gasteiger partial charge in [0.1, 0.15) is 0 Å². The van der Waals surface area contributed by atoms with Crippen LogP contribution < -0.4 is 10.9 Å². The van der Waals surface area contributed by atoms with Crippen molar-refractivity contribution in [3.05, 3.63) is 94.0 Å². The maximum Gasteiger partial charge on any atom is 0.266 e. The fraction of sp³-hybridized carbons (Fsp3) is 0.160. The normalized spacial score (nSPS) is 11.2. The number of para-hydroxylation sites is 2. The molecule has 0 spiro atoms. The lowest BCUT2D eigenvalue weighted by atomic mass is 10.0. The van der Waals surface area contributed by atoms with Crippen molar-refractivity contribution in [3.8, 4) is 5.69 Å². The van der Waals surface area contributed by atoms with Gasteiger partial charge in [-0.1, -0.05) is 55.9 Å². The van der Waals surface area contributed by atoms with Crippen LogP contribution in [0.2, 0.25) is 0 Å². The zero-order chi connectivity index (χ0) is 24.4. The van der Waals surface area contributed by atoms with Crippen LogP contribution in [0.3, 0.4) is 0 Å². The molecular formula is C25H20F3N3O2S. The topological polar surface area (TPSA) is 64.0 Å². The summed E-state index contributed by atoms with van der Waals surface area (Å²) < 4.78 is 42.0. The van der Waals surface area contributed by atoms with Gasteiger partial charge >= 0.3 is 0 Å². The molecule has 3 aromatic carbocycles. The van der Waals surface area contributed by atoms with E-state index in [0.717, 1.165) is 29.5 Å². The molecule has 1 N–H and O–H groups in total. The van der Waals surface area contributed by atoms with E-state index < -0.39 is 29.0 Å². The molecular weight excluding hydrogens is 463 g/mol. The van der Waals surface area contributed by atoms with Crippen molar-refractivity contribution in [2.24, 2.45) is 0 Å². The molecule has 0 unspecified atom stereocenters. The molecule has 9 heteroatoms. The van der Waals surface area contributed by atoms with Gasteiger partial charge in [0.15, 0.2) is 22.6 Å². The first-order valence-corrected chi connectivity index (χ1v) is 11.4. The molecule has 1 heterocycles. The molecule has 0 fully saturated rings. The first-order chi connectivity index (χ1) is 16.3. The number of hydrogen-bond acceptors (Lipinski definition) is 4. The van der Waals surface area contributed by atoms with E-state index in [9.17, 15) is 22.8 Å². The number of nitrogens with one attached hydrogen (secondary N) is 1. The fourth-order valence-electron chi connectivity index (χ4n) is 3.54. The molecule has 34 heavy (non-hydrogen) atoms. The minimum absolute atomic E-state index is 0.118. The second kappa shape index (κ2) is 9.72. The van der Waals surface area contributed by atoms with E-state index in [1.54, 1.807) is 24.3 Å². The second-order valence-electron chi connectivity index (χ2n) is 7.83. The van der Waals surface area contributed by atoms with Crippen molar-refractivity contribution in [2.75, 3.05) is 11.1 Å². The van der Waals surface area contributed by atoms with Gasteiger partial charge < -0.3 is 5.32 Å². The average Bonchev–Trinajstić information content (AvgIpc) is 2.83. The van der Waals surface area contributed by atoms with Gasteiger partial charge in [0.2, 0.25) is 5.91 Å². The Bertz CT molecular complexity index is 1450. The number of fused-ring (bicyclic) bond motifs is 1. The monoisotopic (exact) mass is 483 g/mol. The number of carbonyl (C=O) groups excluding carboxylic acids is 1. The third-order valence-electron chi connectivity index (χ3n) is 5.19. The SMILES string of the molecule is CC(C)c1ccccc1-n1c(SCC(=O)Nc2ccc(F)c(F)c2F)nc2ccccc2c1=O. The third kappa shape index (κ3) is 4.56. The van der Waals surface area contributed by atoms with Gasteiger partial charge in [-0.2, -0.15) is 0 Å². The highest BCUT2D eigenvalue weighted by Crippen LogP contribution is 2.27. The van der Waals surface area contributed by atoms with Crippen molar-refractivity contribution in [1.82, 2.24) is 9.55 Å². The molecule has 5 nitrogen and oxygen atoms in total. The van der Waals surface area contributed by atoms with Crippen LogP contribution in [0.15, 0.2) is 70.6 Å². The summed E-state index contributed by atoms with van der Waals surface area (Å²) in [4.78, 5) is 30.5. The van der Waals surface area contributed by atoms with E-state index in [2.05, 4.69) is 10.3 Å². The predicted octanol–water partition coefficient (Wildman–Crippen LogP) is 5.66. The van der Waals surface area contributed by atoms with E-state index >= 15 is 0 Å². The van der Waals surface area contributed by atoms with Crippen LogP contribution in [0.1, 0.15) is 25.3 Å². The van der Waals surface area contributed by atoms with Gasteiger partial charge in [0.25, 0.3) is 5.56 Å². The van der Waals surface area contributed by atoms with Gasteiger partial charge in [-0.15, -0.1) is 0 Å². The summed E-state index contributed by atoms with van der Waals surface area (Å²) in [7, 11) is 0. The van der Waals surface area contributed by atoms with Gasteiger partial charge in [-0.25, -0.2) is 18.2 Å². The smallest absolute Gasteiger partial charge is 0.266 e. The number of hydrogen-bond donors (Lipinski definition) is 1. The summed E-state index contributed by atoms with van der Waals surface area (Å²) in [5, 5.41) is 2.94. The molecule has 174 valence electrons. The molecule has 0 bridgehead atoms. The van der Waals surface area contributed by atoms with Crippen molar-refractivity contribution in [2.45, 2.75) is 24.9 Å². The average molecular weight is 484 g/mol. The molecule has 0 aliphatic heterocycles. The maximum atomic E-state index is 13.9. The number of anilines is 1. The number of amides is 1. The van der Waals surface area contributed by atoms with Gasteiger partial charge in [-0.3, -0.25) is 14.2 Å². The van der Waals surface area contributed by atoms with Crippen LogP contribution in [-0.2, 0) is 4.79 Å². The van der Waals surface area contributed by atoms with Crippen LogP contribution in [-0.4, -0.2) is 21.2 Å². The predicted molar refractivity (Wildman–Crippen MR) is 127 cm³/mol. The highest BCUT2D eigenvalue weighted by molar-refractivity contribution is 7.99. The van der Waals surface area contributed by atoms with Crippen LogP contribution in [0.25, 0.3) is 16.6 Å². The second-order valence-corrected chi connectivity index (χ2v) is 8.77. The molecule has 0 atom stereocenters. The lowest BCUT2D eigenvalue weighted by Crippen LogP contribution is -2.24. The lowest BCUT2D eigenvalue weighted by molar-refractivity contribution is -0.113. The number of rotatable bonds is 6. The Morgan fingerprint density at radius 3 is 2.47 bits per heavy atom. The summed E-state index contributed by atoms with van der Waals surface area (Å²) in [6.45, 7) is 4.02. The Labute approximate surface area is 197 Å². The van der Waals surface area contributed by atoms with E-state index in [0.29, 0.717) is 16.6 Å². The molecule has 0 aliphatic rings.